The molecule has 6 heteroatoms. The number of ether oxygens (including phenoxy) is 2. The Morgan fingerprint density at radius 2 is 1.72 bits per heavy atom. The van der Waals surface area contributed by atoms with Crippen LogP contribution in [-0.4, -0.2) is 33.3 Å². The van der Waals surface area contributed by atoms with E-state index in [4.69, 9.17) is 9.47 Å². The first-order chi connectivity index (χ1) is 13.9. The van der Waals surface area contributed by atoms with Gasteiger partial charge in [0.15, 0.2) is 0 Å². The second-order valence-electron chi connectivity index (χ2n) is 8.12. The number of rotatable bonds is 3. The number of aromatic amines is 1. The predicted molar refractivity (Wildman–Crippen MR) is 111 cm³/mol. The fourth-order valence-corrected chi connectivity index (χ4v) is 3.32. The van der Waals surface area contributed by atoms with E-state index >= 15 is 0 Å². The van der Waals surface area contributed by atoms with Gasteiger partial charge in [0, 0.05) is 29.8 Å². The van der Waals surface area contributed by atoms with Crippen LogP contribution >= 0.6 is 0 Å². The van der Waals surface area contributed by atoms with Crippen LogP contribution in [0.25, 0.3) is 11.3 Å². The number of carbonyl (C=O) groups excluding carboxylic acids is 1. The van der Waals surface area contributed by atoms with Gasteiger partial charge in [-0.1, -0.05) is 18.2 Å². The van der Waals surface area contributed by atoms with Crippen LogP contribution in [0.2, 0.25) is 0 Å². The molecule has 2 aromatic carbocycles. The Morgan fingerprint density at radius 3 is 2.41 bits per heavy atom. The summed E-state index contributed by atoms with van der Waals surface area (Å²) in [6.07, 6.45) is 0.443. The number of fused-ring (bicyclic) bond motifs is 1. The molecule has 0 bridgehead atoms. The molecule has 0 atom stereocenters. The topological polar surface area (TPSA) is 67.5 Å². The lowest BCUT2D eigenvalue weighted by Crippen LogP contribution is -2.39. The Kier molecular flexibility index (Phi) is 5.01. The van der Waals surface area contributed by atoms with E-state index in [1.807, 2.05) is 75.4 Å². The zero-order valence-electron chi connectivity index (χ0n) is 16.9. The highest BCUT2D eigenvalue weighted by molar-refractivity contribution is 5.71. The molecule has 0 radical (unpaired) electrons. The van der Waals surface area contributed by atoms with Crippen LogP contribution < -0.4 is 4.74 Å². The molecule has 6 nitrogen and oxygen atoms in total. The summed E-state index contributed by atoms with van der Waals surface area (Å²) < 4.78 is 11.4. The Hall–Kier alpha value is -3.28. The number of amides is 1. The third kappa shape index (κ3) is 4.42. The summed E-state index contributed by atoms with van der Waals surface area (Å²) in [5.74, 6) is 1.56. The molecule has 1 N–H and O–H groups in total. The second-order valence-corrected chi connectivity index (χ2v) is 8.12. The van der Waals surface area contributed by atoms with Crippen molar-refractivity contribution in [2.45, 2.75) is 39.3 Å². The monoisotopic (exact) mass is 391 g/mol. The third-order valence-electron chi connectivity index (χ3n) is 4.69. The molecular formula is C23H25N3O3. The smallest absolute Gasteiger partial charge is 0.410 e. The van der Waals surface area contributed by atoms with Gasteiger partial charge in [-0.05, 0) is 57.2 Å². The lowest BCUT2D eigenvalue weighted by atomic mass is 10.0. The van der Waals surface area contributed by atoms with Crippen LogP contribution in [0.3, 0.4) is 0 Å². The standard InChI is InChI=1S/C23H25N3O3/c1-23(2,3)29-22(27)26-14-13-20-19(15-26)21(25-24-20)16-9-11-18(12-10-16)28-17-7-5-4-6-8-17/h4-12H,13-15H2,1-3H3,(H,24,25). The maximum atomic E-state index is 12.5. The Balaban J connectivity index is 1.51. The van der Waals surface area contributed by atoms with Crippen molar-refractivity contribution >= 4 is 6.09 Å². The normalized spacial score (nSPS) is 13.7. The van der Waals surface area contributed by atoms with Crippen molar-refractivity contribution in [3.8, 4) is 22.8 Å². The van der Waals surface area contributed by atoms with Crippen LogP contribution in [0.15, 0.2) is 54.6 Å². The van der Waals surface area contributed by atoms with Gasteiger partial charge < -0.3 is 14.4 Å². The molecule has 29 heavy (non-hydrogen) atoms. The molecule has 1 aliphatic heterocycles. The van der Waals surface area contributed by atoms with Gasteiger partial charge in [-0.25, -0.2) is 4.79 Å². The minimum Gasteiger partial charge on any atom is -0.457 e. The number of H-pyrrole nitrogens is 1. The number of hydrogen-bond acceptors (Lipinski definition) is 4. The van der Waals surface area contributed by atoms with Crippen molar-refractivity contribution in [1.82, 2.24) is 15.1 Å². The first-order valence-electron chi connectivity index (χ1n) is 9.76. The summed E-state index contributed by atoms with van der Waals surface area (Å²) in [7, 11) is 0. The molecule has 150 valence electrons. The van der Waals surface area contributed by atoms with Crippen LogP contribution in [0.4, 0.5) is 4.79 Å². The zero-order chi connectivity index (χ0) is 20.4. The van der Waals surface area contributed by atoms with E-state index in [0.29, 0.717) is 13.1 Å². The fraction of sp³-hybridized carbons (Fsp3) is 0.304. The Bertz CT molecular complexity index is 988. The van der Waals surface area contributed by atoms with Crippen molar-refractivity contribution < 1.29 is 14.3 Å². The molecule has 0 fully saturated rings. The summed E-state index contributed by atoms with van der Waals surface area (Å²) >= 11 is 0. The molecule has 0 saturated heterocycles. The molecule has 1 amide bonds. The lowest BCUT2D eigenvalue weighted by molar-refractivity contribution is 0.0224. The minimum atomic E-state index is -0.509. The molecule has 0 aliphatic carbocycles. The predicted octanol–water partition coefficient (Wildman–Crippen LogP) is 5.16. The van der Waals surface area contributed by atoms with Crippen molar-refractivity contribution in [3.05, 3.63) is 65.9 Å². The lowest BCUT2D eigenvalue weighted by Gasteiger charge is -2.30. The number of para-hydroxylation sites is 1. The van der Waals surface area contributed by atoms with Gasteiger partial charge in [-0.3, -0.25) is 5.10 Å². The van der Waals surface area contributed by atoms with E-state index in [9.17, 15) is 4.79 Å². The van der Waals surface area contributed by atoms with Gasteiger partial charge in [-0.2, -0.15) is 5.10 Å². The highest BCUT2D eigenvalue weighted by Crippen LogP contribution is 2.31. The van der Waals surface area contributed by atoms with Crippen molar-refractivity contribution in [2.24, 2.45) is 0 Å². The number of aromatic nitrogens is 2. The molecule has 4 rings (SSSR count). The van der Waals surface area contributed by atoms with E-state index in [0.717, 1.165) is 40.4 Å². The number of nitrogens with zero attached hydrogens (tertiary/aromatic N) is 2. The number of hydrogen-bond donors (Lipinski definition) is 1. The van der Waals surface area contributed by atoms with E-state index < -0.39 is 5.60 Å². The largest absolute Gasteiger partial charge is 0.457 e. The van der Waals surface area contributed by atoms with Gasteiger partial charge in [-0.15, -0.1) is 0 Å². The summed E-state index contributed by atoms with van der Waals surface area (Å²) in [6, 6.07) is 17.5. The quantitative estimate of drug-likeness (QED) is 0.669. The highest BCUT2D eigenvalue weighted by Gasteiger charge is 2.28. The van der Waals surface area contributed by atoms with Crippen molar-refractivity contribution in [2.75, 3.05) is 6.54 Å². The van der Waals surface area contributed by atoms with Crippen LogP contribution in [0.5, 0.6) is 11.5 Å². The molecule has 1 aromatic heterocycles. The first-order valence-corrected chi connectivity index (χ1v) is 9.76. The highest BCUT2D eigenvalue weighted by atomic mass is 16.6. The van der Waals surface area contributed by atoms with E-state index in [1.54, 1.807) is 4.90 Å². The zero-order valence-corrected chi connectivity index (χ0v) is 16.9. The third-order valence-corrected chi connectivity index (χ3v) is 4.69. The summed E-state index contributed by atoms with van der Waals surface area (Å²) in [4.78, 5) is 14.2. The molecular weight excluding hydrogens is 366 g/mol. The van der Waals surface area contributed by atoms with Crippen LogP contribution in [0.1, 0.15) is 32.0 Å². The van der Waals surface area contributed by atoms with Gasteiger partial charge >= 0.3 is 6.09 Å². The Morgan fingerprint density at radius 1 is 1.03 bits per heavy atom. The molecule has 3 aromatic rings. The van der Waals surface area contributed by atoms with E-state index in [1.165, 1.54) is 0 Å². The molecule has 0 spiro atoms. The van der Waals surface area contributed by atoms with Gasteiger partial charge in [0.1, 0.15) is 17.1 Å². The molecule has 1 aliphatic rings. The fourth-order valence-electron chi connectivity index (χ4n) is 3.32. The van der Waals surface area contributed by atoms with E-state index in [-0.39, 0.29) is 6.09 Å². The van der Waals surface area contributed by atoms with Crippen molar-refractivity contribution in [3.63, 3.8) is 0 Å². The number of nitrogens with one attached hydrogen (secondary N) is 1. The van der Waals surface area contributed by atoms with Gasteiger partial charge in [0.2, 0.25) is 0 Å². The average Bonchev–Trinajstić information content (AvgIpc) is 3.11. The maximum Gasteiger partial charge on any atom is 0.410 e. The summed E-state index contributed by atoms with van der Waals surface area (Å²) in [6.45, 7) is 6.74. The Labute approximate surface area is 170 Å². The maximum absolute atomic E-state index is 12.5. The molecule has 0 unspecified atom stereocenters. The average molecular weight is 391 g/mol. The van der Waals surface area contributed by atoms with Crippen LogP contribution in [-0.2, 0) is 17.7 Å². The van der Waals surface area contributed by atoms with Crippen LogP contribution in [0, 0.1) is 0 Å². The number of benzene rings is 2. The minimum absolute atomic E-state index is 0.290. The second kappa shape index (κ2) is 7.62. The van der Waals surface area contributed by atoms with Crippen molar-refractivity contribution in [1.29, 1.82) is 0 Å². The molecule has 0 saturated carbocycles. The van der Waals surface area contributed by atoms with E-state index in [2.05, 4.69) is 10.2 Å². The number of carbonyl (C=O) groups is 1. The van der Waals surface area contributed by atoms with Gasteiger partial charge in [0.05, 0.1) is 12.2 Å². The molecule has 2 heterocycles. The summed E-state index contributed by atoms with van der Waals surface area (Å²) in [5.41, 5.74) is 3.45. The summed E-state index contributed by atoms with van der Waals surface area (Å²) in [5, 5.41) is 7.63. The van der Waals surface area contributed by atoms with Gasteiger partial charge in [0.25, 0.3) is 0 Å². The first kappa shape index (κ1) is 19.1. The SMILES string of the molecule is CC(C)(C)OC(=O)N1CCc2[nH]nc(-c3ccc(Oc4ccccc4)cc3)c2C1.